The van der Waals surface area contributed by atoms with E-state index in [-0.39, 0.29) is 30.3 Å². The molecule has 0 saturated carbocycles. The van der Waals surface area contributed by atoms with E-state index >= 15 is 0 Å². The van der Waals surface area contributed by atoms with Gasteiger partial charge in [0.2, 0.25) is 12.7 Å². The lowest BCUT2D eigenvalue weighted by Gasteiger charge is -2.20. The van der Waals surface area contributed by atoms with Crippen molar-refractivity contribution in [2.45, 2.75) is 46.3 Å². The number of aromatic nitrogens is 4. The number of hydrogen-bond acceptors (Lipinski definition) is 6. The molecule has 1 N–H and O–H groups in total. The second kappa shape index (κ2) is 6.91. The summed E-state index contributed by atoms with van der Waals surface area (Å²) in [5.74, 6) is 1.04. The van der Waals surface area contributed by atoms with E-state index in [2.05, 4.69) is 15.5 Å². The summed E-state index contributed by atoms with van der Waals surface area (Å²) in [7, 11) is 0. The molecule has 1 amide bonds. The van der Waals surface area contributed by atoms with E-state index in [9.17, 15) is 9.59 Å². The summed E-state index contributed by atoms with van der Waals surface area (Å²) in [5.41, 5.74) is 1.28. The number of carbonyl (C=O) groups excluding carboxylic acids is 1. The van der Waals surface area contributed by atoms with Crippen molar-refractivity contribution in [3.8, 4) is 11.5 Å². The van der Waals surface area contributed by atoms with Gasteiger partial charge in [-0.3, -0.25) is 14.3 Å². The van der Waals surface area contributed by atoms with Gasteiger partial charge in [0, 0.05) is 11.9 Å². The summed E-state index contributed by atoms with van der Waals surface area (Å²) in [4.78, 5) is 25.4. The monoisotopic (exact) mass is 397 g/mol. The van der Waals surface area contributed by atoms with Gasteiger partial charge in [0.25, 0.3) is 5.56 Å². The first-order chi connectivity index (χ1) is 13.7. The Morgan fingerprint density at radius 2 is 2.00 bits per heavy atom. The van der Waals surface area contributed by atoms with E-state index in [4.69, 9.17) is 9.47 Å². The van der Waals surface area contributed by atoms with Crippen LogP contribution in [0.5, 0.6) is 11.5 Å². The second-order valence-electron chi connectivity index (χ2n) is 8.00. The average molecular weight is 397 g/mol. The Labute approximate surface area is 167 Å². The molecule has 0 saturated heterocycles. The van der Waals surface area contributed by atoms with Gasteiger partial charge in [0.15, 0.2) is 11.5 Å². The lowest BCUT2D eigenvalue weighted by atomic mass is 10.1. The molecule has 1 aliphatic heterocycles. The molecule has 0 atom stereocenters. The number of amides is 1. The van der Waals surface area contributed by atoms with Gasteiger partial charge in [0.05, 0.1) is 17.4 Å². The summed E-state index contributed by atoms with van der Waals surface area (Å²) in [6.07, 6.45) is 1.65. The summed E-state index contributed by atoms with van der Waals surface area (Å²) >= 11 is 0. The quantitative estimate of drug-likeness (QED) is 0.719. The summed E-state index contributed by atoms with van der Waals surface area (Å²) < 4.78 is 13.5. The first-order valence-electron chi connectivity index (χ1n) is 9.35. The Morgan fingerprint density at radius 1 is 1.24 bits per heavy atom. The topological polar surface area (TPSA) is 100 Å². The van der Waals surface area contributed by atoms with Crippen LogP contribution in [0.2, 0.25) is 0 Å². The molecule has 1 aromatic carbocycles. The number of aryl methyl sites for hydroxylation is 1. The molecular weight excluding hydrogens is 374 g/mol. The fourth-order valence-electron chi connectivity index (χ4n) is 3.28. The summed E-state index contributed by atoms with van der Waals surface area (Å²) in [5, 5.41) is 12.2. The van der Waals surface area contributed by atoms with Crippen LogP contribution in [0.1, 0.15) is 32.0 Å². The Kier molecular flexibility index (Phi) is 4.52. The molecule has 9 heteroatoms. The normalized spacial score (nSPS) is 13.1. The Bertz CT molecular complexity index is 1160. The number of nitrogens with zero attached hydrogens (tertiary/aromatic N) is 4. The molecule has 0 spiro atoms. The second-order valence-corrected chi connectivity index (χ2v) is 8.00. The number of benzene rings is 1. The van der Waals surface area contributed by atoms with Crippen molar-refractivity contribution < 1.29 is 14.3 Å². The lowest BCUT2D eigenvalue weighted by Crippen LogP contribution is -2.35. The minimum atomic E-state index is -0.367. The van der Waals surface area contributed by atoms with E-state index < -0.39 is 0 Å². The third kappa shape index (κ3) is 3.55. The highest BCUT2D eigenvalue weighted by Gasteiger charge is 2.22. The van der Waals surface area contributed by atoms with Crippen LogP contribution < -0.4 is 20.3 Å². The van der Waals surface area contributed by atoms with E-state index in [0.717, 1.165) is 5.56 Å². The molecule has 29 heavy (non-hydrogen) atoms. The number of hydrogen-bond donors (Lipinski definition) is 1. The van der Waals surface area contributed by atoms with Gasteiger partial charge in [-0.15, -0.1) is 0 Å². The molecule has 152 valence electrons. The smallest absolute Gasteiger partial charge is 0.293 e. The van der Waals surface area contributed by atoms with Gasteiger partial charge < -0.3 is 14.8 Å². The van der Waals surface area contributed by atoms with Gasteiger partial charge in [-0.1, -0.05) is 6.07 Å². The minimum Gasteiger partial charge on any atom is -0.454 e. The molecular formula is C20H23N5O4. The molecule has 0 radical (unpaired) electrons. The number of fused-ring (bicyclic) bond motifs is 2. The Hall–Kier alpha value is -3.36. The number of carbonyl (C=O) groups is 1. The number of rotatable bonds is 4. The zero-order valence-electron chi connectivity index (χ0n) is 16.9. The fourth-order valence-corrected chi connectivity index (χ4v) is 3.28. The van der Waals surface area contributed by atoms with Gasteiger partial charge in [0.1, 0.15) is 12.1 Å². The van der Waals surface area contributed by atoms with Crippen LogP contribution in [0.15, 0.2) is 29.2 Å². The first kappa shape index (κ1) is 19.0. The standard InChI is InChI=1S/C20H23N5O4/c1-12-14-9-22-25(20(2,3)4)18(14)19(27)24(23-12)10-17(26)21-8-13-5-6-15-16(7-13)29-11-28-15/h5-7,9H,8,10-11H2,1-4H3,(H,21,26). The molecule has 0 bridgehead atoms. The van der Waals surface area contributed by atoms with E-state index in [1.54, 1.807) is 23.9 Å². The zero-order valence-corrected chi connectivity index (χ0v) is 16.9. The van der Waals surface area contributed by atoms with E-state index in [0.29, 0.717) is 34.6 Å². The summed E-state index contributed by atoms with van der Waals surface area (Å²) in [6, 6.07) is 5.49. The van der Waals surface area contributed by atoms with Crippen LogP contribution in [0.25, 0.3) is 10.9 Å². The average Bonchev–Trinajstić information content (AvgIpc) is 3.30. The van der Waals surface area contributed by atoms with Crippen molar-refractivity contribution >= 4 is 16.8 Å². The molecule has 9 nitrogen and oxygen atoms in total. The number of ether oxygens (including phenoxy) is 2. The van der Waals surface area contributed by atoms with Gasteiger partial charge in [-0.25, -0.2) is 4.68 Å². The molecule has 4 rings (SSSR count). The van der Waals surface area contributed by atoms with Crippen molar-refractivity contribution in [3.05, 3.63) is 46.0 Å². The van der Waals surface area contributed by atoms with Crippen LogP contribution in [0.4, 0.5) is 0 Å². The molecule has 3 aromatic rings. The Balaban J connectivity index is 1.53. The molecule has 0 aliphatic carbocycles. The predicted molar refractivity (Wildman–Crippen MR) is 106 cm³/mol. The highest BCUT2D eigenvalue weighted by Crippen LogP contribution is 2.32. The van der Waals surface area contributed by atoms with Crippen molar-refractivity contribution in [2.24, 2.45) is 0 Å². The third-order valence-electron chi connectivity index (χ3n) is 4.72. The van der Waals surface area contributed by atoms with Crippen molar-refractivity contribution in [1.29, 1.82) is 0 Å². The SMILES string of the molecule is Cc1nn(CC(=O)NCc2ccc3c(c2)OCO3)c(=O)c2c1cnn2C(C)(C)C. The van der Waals surface area contributed by atoms with E-state index in [1.807, 2.05) is 32.9 Å². The van der Waals surface area contributed by atoms with Crippen molar-refractivity contribution in [1.82, 2.24) is 24.9 Å². The van der Waals surface area contributed by atoms with Crippen LogP contribution in [0.3, 0.4) is 0 Å². The van der Waals surface area contributed by atoms with Crippen LogP contribution in [-0.2, 0) is 23.4 Å². The van der Waals surface area contributed by atoms with Crippen molar-refractivity contribution in [3.63, 3.8) is 0 Å². The predicted octanol–water partition coefficient (Wildman–Crippen LogP) is 1.70. The maximum absolute atomic E-state index is 13.0. The highest BCUT2D eigenvalue weighted by atomic mass is 16.7. The van der Waals surface area contributed by atoms with Crippen LogP contribution in [-0.4, -0.2) is 32.3 Å². The molecule has 0 unspecified atom stereocenters. The van der Waals surface area contributed by atoms with Crippen LogP contribution in [0, 0.1) is 6.92 Å². The largest absolute Gasteiger partial charge is 0.454 e. The van der Waals surface area contributed by atoms with Crippen LogP contribution >= 0.6 is 0 Å². The van der Waals surface area contributed by atoms with Gasteiger partial charge in [-0.05, 0) is 45.4 Å². The molecule has 3 heterocycles. The maximum atomic E-state index is 13.0. The molecule has 1 aliphatic rings. The molecule has 2 aromatic heterocycles. The third-order valence-corrected chi connectivity index (χ3v) is 4.72. The number of nitrogens with one attached hydrogen (secondary N) is 1. The summed E-state index contributed by atoms with van der Waals surface area (Å²) in [6.45, 7) is 8.05. The van der Waals surface area contributed by atoms with Gasteiger partial charge >= 0.3 is 0 Å². The Morgan fingerprint density at radius 3 is 2.76 bits per heavy atom. The lowest BCUT2D eigenvalue weighted by molar-refractivity contribution is -0.122. The zero-order chi connectivity index (χ0) is 20.8. The highest BCUT2D eigenvalue weighted by molar-refractivity contribution is 5.81. The first-order valence-corrected chi connectivity index (χ1v) is 9.35. The fraction of sp³-hybridized carbons (Fsp3) is 0.400. The van der Waals surface area contributed by atoms with Gasteiger partial charge in [-0.2, -0.15) is 10.2 Å². The minimum absolute atomic E-state index is 0.171. The maximum Gasteiger partial charge on any atom is 0.293 e. The van der Waals surface area contributed by atoms with E-state index in [1.165, 1.54) is 4.68 Å². The van der Waals surface area contributed by atoms with Crippen molar-refractivity contribution in [2.75, 3.05) is 6.79 Å². The molecule has 0 fully saturated rings.